The van der Waals surface area contributed by atoms with Gasteiger partial charge in [0.15, 0.2) is 0 Å². The van der Waals surface area contributed by atoms with E-state index < -0.39 is 0 Å². The zero-order valence-corrected chi connectivity index (χ0v) is 9.09. The Morgan fingerprint density at radius 1 is 1.47 bits per heavy atom. The molecule has 0 aliphatic heterocycles. The Labute approximate surface area is 89.2 Å². The van der Waals surface area contributed by atoms with Crippen molar-refractivity contribution < 1.29 is 9.13 Å². The van der Waals surface area contributed by atoms with Gasteiger partial charge in [0.1, 0.15) is 11.6 Å². The molecule has 0 amide bonds. The highest BCUT2D eigenvalue weighted by molar-refractivity contribution is 5.43. The van der Waals surface area contributed by atoms with Crippen LogP contribution in [0.15, 0.2) is 12.1 Å². The van der Waals surface area contributed by atoms with E-state index in [9.17, 15) is 4.39 Å². The molecule has 0 aliphatic rings. The Morgan fingerprint density at radius 3 is 2.67 bits per heavy atom. The predicted molar refractivity (Wildman–Crippen MR) is 58.3 cm³/mol. The van der Waals surface area contributed by atoms with Gasteiger partial charge in [-0.05, 0) is 31.5 Å². The monoisotopic (exact) mass is 212 g/mol. The average molecular weight is 212 g/mol. The Balaban J connectivity index is 3.20. The molecule has 1 aromatic carbocycles. The molecule has 0 aliphatic carbocycles. The maximum Gasteiger partial charge on any atom is 0.127 e. The van der Waals surface area contributed by atoms with Crippen LogP contribution in [0.1, 0.15) is 24.1 Å². The molecule has 84 valence electrons. The van der Waals surface area contributed by atoms with Crippen LogP contribution >= 0.6 is 0 Å². The second kappa shape index (κ2) is 5.09. The second-order valence-corrected chi connectivity index (χ2v) is 3.42. The summed E-state index contributed by atoms with van der Waals surface area (Å²) in [6.07, 6.45) is 0. The first kappa shape index (κ1) is 11.9. The number of hydrogen-bond acceptors (Lipinski definition) is 3. The molecule has 15 heavy (non-hydrogen) atoms. The maximum absolute atomic E-state index is 13.2. The standard InChI is InChI=1S/C11H17FN2O/c1-3-15-11-7(2)4-8(12)5-9(11)10(14)6-13/h4-5,10H,3,6,13-14H2,1-2H3. The molecular formula is C11H17FN2O. The molecule has 1 atom stereocenters. The van der Waals surface area contributed by atoms with Crippen LogP contribution in [0.2, 0.25) is 0 Å². The first-order valence-electron chi connectivity index (χ1n) is 4.98. The molecule has 1 rings (SSSR count). The lowest BCUT2D eigenvalue weighted by molar-refractivity contribution is 0.331. The van der Waals surface area contributed by atoms with E-state index in [1.165, 1.54) is 12.1 Å². The molecule has 0 heterocycles. The van der Waals surface area contributed by atoms with Gasteiger partial charge < -0.3 is 16.2 Å². The molecule has 0 saturated carbocycles. The van der Waals surface area contributed by atoms with Gasteiger partial charge >= 0.3 is 0 Å². The summed E-state index contributed by atoms with van der Waals surface area (Å²) in [5.74, 6) is 0.340. The van der Waals surface area contributed by atoms with Crippen LogP contribution in [0.25, 0.3) is 0 Å². The fourth-order valence-electron chi connectivity index (χ4n) is 1.50. The van der Waals surface area contributed by atoms with E-state index >= 15 is 0 Å². The van der Waals surface area contributed by atoms with E-state index in [0.717, 1.165) is 5.56 Å². The zero-order valence-electron chi connectivity index (χ0n) is 9.09. The summed E-state index contributed by atoms with van der Waals surface area (Å²) in [5, 5.41) is 0. The molecular weight excluding hydrogens is 195 g/mol. The summed E-state index contributed by atoms with van der Waals surface area (Å²) >= 11 is 0. The number of hydrogen-bond donors (Lipinski definition) is 2. The van der Waals surface area contributed by atoms with E-state index in [0.29, 0.717) is 17.9 Å². The Morgan fingerprint density at radius 2 is 2.13 bits per heavy atom. The fourth-order valence-corrected chi connectivity index (χ4v) is 1.50. The first-order valence-corrected chi connectivity index (χ1v) is 4.98. The van der Waals surface area contributed by atoms with Gasteiger partial charge in [-0.1, -0.05) is 0 Å². The Hall–Kier alpha value is -1.13. The molecule has 3 nitrogen and oxygen atoms in total. The van der Waals surface area contributed by atoms with Crippen molar-refractivity contribution in [1.82, 2.24) is 0 Å². The van der Waals surface area contributed by atoms with Crippen molar-refractivity contribution in [3.8, 4) is 5.75 Å². The quantitative estimate of drug-likeness (QED) is 0.795. The summed E-state index contributed by atoms with van der Waals surface area (Å²) in [7, 11) is 0. The molecule has 1 aromatic rings. The van der Waals surface area contributed by atoms with Crippen molar-refractivity contribution in [2.75, 3.05) is 13.2 Å². The van der Waals surface area contributed by atoms with Crippen LogP contribution in [-0.2, 0) is 0 Å². The van der Waals surface area contributed by atoms with Crippen molar-refractivity contribution in [3.63, 3.8) is 0 Å². The van der Waals surface area contributed by atoms with Gasteiger partial charge in [0, 0.05) is 18.2 Å². The minimum atomic E-state index is -0.388. The second-order valence-electron chi connectivity index (χ2n) is 3.42. The summed E-state index contributed by atoms with van der Waals surface area (Å²) in [6.45, 7) is 4.46. The topological polar surface area (TPSA) is 61.3 Å². The minimum absolute atomic E-state index is 0.267. The highest BCUT2D eigenvalue weighted by Gasteiger charge is 2.14. The van der Waals surface area contributed by atoms with E-state index in [4.69, 9.17) is 16.2 Å². The smallest absolute Gasteiger partial charge is 0.127 e. The zero-order chi connectivity index (χ0) is 11.4. The lowest BCUT2D eigenvalue weighted by atomic mass is 10.0. The Kier molecular flexibility index (Phi) is 4.05. The van der Waals surface area contributed by atoms with Gasteiger partial charge in [-0.3, -0.25) is 0 Å². The fraction of sp³-hybridized carbons (Fsp3) is 0.455. The first-order chi connectivity index (χ1) is 7.10. The van der Waals surface area contributed by atoms with Crippen molar-refractivity contribution >= 4 is 0 Å². The van der Waals surface area contributed by atoms with Gasteiger partial charge in [-0.2, -0.15) is 0 Å². The van der Waals surface area contributed by atoms with E-state index in [-0.39, 0.29) is 18.4 Å². The van der Waals surface area contributed by atoms with Crippen molar-refractivity contribution in [2.24, 2.45) is 11.5 Å². The molecule has 4 N–H and O–H groups in total. The van der Waals surface area contributed by atoms with E-state index in [2.05, 4.69) is 0 Å². The number of nitrogens with two attached hydrogens (primary N) is 2. The molecule has 0 bridgehead atoms. The van der Waals surface area contributed by atoms with Crippen molar-refractivity contribution in [2.45, 2.75) is 19.9 Å². The highest BCUT2D eigenvalue weighted by atomic mass is 19.1. The molecule has 0 aromatic heterocycles. The largest absolute Gasteiger partial charge is 0.493 e. The van der Waals surface area contributed by atoms with Crippen molar-refractivity contribution in [3.05, 3.63) is 29.1 Å². The lowest BCUT2D eigenvalue weighted by Gasteiger charge is -2.17. The third kappa shape index (κ3) is 2.67. The average Bonchev–Trinajstić information content (AvgIpc) is 2.20. The third-order valence-corrected chi connectivity index (χ3v) is 2.21. The van der Waals surface area contributed by atoms with Crippen LogP contribution in [-0.4, -0.2) is 13.2 Å². The van der Waals surface area contributed by atoms with Gasteiger partial charge in [0.25, 0.3) is 0 Å². The van der Waals surface area contributed by atoms with E-state index in [1.807, 2.05) is 6.92 Å². The number of ether oxygens (including phenoxy) is 1. The summed E-state index contributed by atoms with van der Waals surface area (Å²) in [5.41, 5.74) is 12.6. The van der Waals surface area contributed by atoms with Crippen LogP contribution < -0.4 is 16.2 Å². The summed E-state index contributed by atoms with van der Waals surface area (Å²) in [6, 6.07) is 2.42. The van der Waals surface area contributed by atoms with Crippen molar-refractivity contribution in [1.29, 1.82) is 0 Å². The summed E-state index contributed by atoms with van der Waals surface area (Å²) < 4.78 is 18.6. The Bertz CT molecular complexity index is 342. The summed E-state index contributed by atoms with van der Waals surface area (Å²) in [4.78, 5) is 0. The molecule has 0 radical (unpaired) electrons. The number of halogens is 1. The minimum Gasteiger partial charge on any atom is -0.493 e. The number of benzene rings is 1. The predicted octanol–water partition coefficient (Wildman–Crippen LogP) is 1.49. The number of rotatable bonds is 4. The van der Waals surface area contributed by atoms with Crippen LogP contribution in [0.4, 0.5) is 4.39 Å². The van der Waals surface area contributed by atoms with E-state index in [1.54, 1.807) is 6.92 Å². The highest BCUT2D eigenvalue weighted by Crippen LogP contribution is 2.28. The SMILES string of the molecule is CCOc1c(C)cc(F)cc1C(N)CN. The normalized spacial score (nSPS) is 12.6. The molecule has 0 fully saturated rings. The van der Waals surface area contributed by atoms with Gasteiger partial charge in [-0.25, -0.2) is 4.39 Å². The third-order valence-electron chi connectivity index (χ3n) is 2.21. The van der Waals surface area contributed by atoms with Crippen LogP contribution in [0, 0.1) is 12.7 Å². The molecule has 0 saturated heterocycles. The van der Waals surface area contributed by atoms with Gasteiger partial charge in [0.2, 0.25) is 0 Å². The van der Waals surface area contributed by atoms with Gasteiger partial charge in [0.05, 0.1) is 6.61 Å². The number of aryl methyl sites for hydroxylation is 1. The van der Waals surface area contributed by atoms with Crippen LogP contribution in [0.5, 0.6) is 5.75 Å². The van der Waals surface area contributed by atoms with Crippen LogP contribution in [0.3, 0.4) is 0 Å². The maximum atomic E-state index is 13.2. The molecule has 4 heteroatoms. The lowest BCUT2D eigenvalue weighted by Crippen LogP contribution is -2.22. The molecule has 1 unspecified atom stereocenters. The van der Waals surface area contributed by atoms with Gasteiger partial charge in [-0.15, -0.1) is 0 Å². The molecule has 0 spiro atoms.